The number of aliphatic hydroxyl groups excluding tert-OH is 1. The van der Waals surface area contributed by atoms with E-state index in [2.05, 4.69) is 0 Å². The molecule has 3 N–H and O–H groups in total. The van der Waals surface area contributed by atoms with Crippen LogP contribution in [0, 0.1) is 6.92 Å². The van der Waals surface area contributed by atoms with Crippen LogP contribution in [-0.2, 0) is 10.3 Å². The summed E-state index contributed by atoms with van der Waals surface area (Å²) in [6, 6.07) is 6.71. The number of ketones is 2. The Morgan fingerprint density at radius 3 is 2.50 bits per heavy atom. The van der Waals surface area contributed by atoms with Crippen LogP contribution in [0.4, 0.5) is 0 Å². The molecule has 2 atom stereocenters. The highest BCUT2D eigenvalue weighted by Gasteiger charge is 2.49. The molecule has 0 bridgehead atoms. The number of fused-ring (bicyclic) bond motifs is 4. The molecule has 0 radical (unpaired) electrons. The van der Waals surface area contributed by atoms with Gasteiger partial charge in [-0.15, -0.1) is 0 Å². The van der Waals surface area contributed by atoms with E-state index >= 15 is 0 Å². The molecule has 0 saturated carbocycles. The van der Waals surface area contributed by atoms with Crippen molar-refractivity contribution in [3.8, 4) is 5.75 Å². The SMILES string of the molecule is Cc1cc2c(c3oc([C@@](O)(CO)[C@@H]4CO4)cc(=O)c13)C(=O)c1c(O)cccc1C2=O. The highest BCUT2D eigenvalue weighted by molar-refractivity contribution is 6.32. The summed E-state index contributed by atoms with van der Waals surface area (Å²) in [5.41, 5.74) is -2.49. The van der Waals surface area contributed by atoms with E-state index in [4.69, 9.17) is 9.15 Å². The number of hydrogen-bond donors (Lipinski definition) is 3. The Bertz CT molecular complexity index is 1330. The summed E-state index contributed by atoms with van der Waals surface area (Å²) in [7, 11) is 0. The van der Waals surface area contributed by atoms with Crippen LogP contribution in [0.15, 0.2) is 39.5 Å². The van der Waals surface area contributed by atoms with Crippen LogP contribution in [0.1, 0.15) is 43.2 Å². The van der Waals surface area contributed by atoms with Gasteiger partial charge >= 0.3 is 0 Å². The molecular weight excluding hydrogens is 392 g/mol. The summed E-state index contributed by atoms with van der Waals surface area (Å²) in [5.74, 6) is -1.78. The molecule has 8 heteroatoms. The lowest BCUT2D eigenvalue weighted by molar-refractivity contribution is -0.0561. The van der Waals surface area contributed by atoms with Crippen molar-refractivity contribution >= 4 is 22.5 Å². The van der Waals surface area contributed by atoms with Gasteiger partial charge in [-0.3, -0.25) is 14.4 Å². The summed E-state index contributed by atoms with van der Waals surface area (Å²) in [4.78, 5) is 39.2. The molecule has 2 aliphatic rings. The third kappa shape index (κ3) is 2.35. The van der Waals surface area contributed by atoms with E-state index in [9.17, 15) is 29.7 Å². The van der Waals surface area contributed by atoms with E-state index in [0.29, 0.717) is 5.56 Å². The van der Waals surface area contributed by atoms with Crippen molar-refractivity contribution in [2.75, 3.05) is 13.2 Å². The molecule has 5 rings (SSSR count). The van der Waals surface area contributed by atoms with Crippen molar-refractivity contribution in [2.45, 2.75) is 18.6 Å². The van der Waals surface area contributed by atoms with Crippen LogP contribution >= 0.6 is 0 Å². The van der Waals surface area contributed by atoms with Gasteiger partial charge in [-0.1, -0.05) is 12.1 Å². The van der Waals surface area contributed by atoms with Crippen molar-refractivity contribution in [3.05, 3.63) is 74.1 Å². The fourth-order valence-corrected chi connectivity index (χ4v) is 4.04. The summed E-state index contributed by atoms with van der Waals surface area (Å²) in [6.45, 7) is 1.01. The first kappa shape index (κ1) is 18.7. The van der Waals surface area contributed by atoms with E-state index < -0.39 is 35.3 Å². The third-order valence-electron chi connectivity index (χ3n) is 5.72. The molecule has 1 aliphatic heterocycles. The largest absolute Gasteiger partial charge is 0.507 e. The molecule has 3 aromatic rings. The van der Waals surface area contributed by atoms with Crippen LogP contribution in [0.3, 0.4) is 0 Å². The van der Waals surface area contributed by atoms with Gasteiger partial charge in [0.25, 0.3) is 0 Å². The van der Waals surface area contributed by atoms with Crippen molar-refractivity contribution in [1.29, 1.82) is 0 Å². The average Bonchev–Trinajstić information content (AvgIpc) is 3.56. The van der Waals surface area contributed by atoms with Gasteiger partial charge in [0.2, 0.25) is 5.78 Å². The first-order chi connectivity index (χ1) is 14.3. The van der Waals surface area contributed by atoms with Crippen molar-refractivity contribution < 1.29 is 34.1 Å². The molecule has 1 fully saturated rings. The minimum absolute atomic E-state index is 0.0404. The van der Waals surface area contributed by atoms with Crippen LogP contribution in [0.5, 0.6) is 5.75 Å². The van der Waals surface area contributed by atoms with Gasteiger partial charge in [0.1, 0.15) is 23.2 Å². The first-order valence-corrected chi connectivity index (χ1v) is 9.26. The molecule has 30 heavy (non-hydrogen) atoms. The maximum absolute atomic E-state index is 13.3. The highest BCUT2D eigenvalue weighted by Crippen LogP contribution is 2.39. The summed E-state index contributed by atoms with van der Waals surface area (Å²) < 4.78 is 10.9. The molecular formula is C22H16O8. The Morgan fingerprint density at radius 1 is 1.10 bits per heavy atom. The number of carbonyl (C=O) groups is 2. The number of epoxide rings is 1. The summed E-state index contributed by atoms with van der Waals surface area (Å²) in [5, 5.41) is 30.8. The first-order valence-electron chi connectivity index (χ1n) is 9.26. The maximum atomic E-state index is 13.3. The quantitative estimate of drug-likeness (QED) is 0.430. The van der Waals surface area contributed by atoms with Crippen LogP contribution in [0.25, 0.3) is 11.0 Å². The number of aliphatic hydroxyl groups is 2. The lowest BCUT2D eigenvalue weighted by atomic mass is 9.81. The van der Waals surface area contributed by atoms with Crippen molar-refractivity contribution in [3.63, 3.8) is 0 Å². The second kappa shape index (κ2) is 6.09. The zero-order valence-electron chi connectivity index (χ0n) is 15.8. The Labute approximate surface area is 168 Å². The van der Waals surface area contributed by atoms with E-state index in [1.165, 1.54) is 24.3 Å². The standard InChI is InChI=1S/C22H16O8/c1-9-5-11-18(20(27)17-10(19(11)26)3-2-4-12(17)24)21-16(9)13(25)6-14(30-21)22(28,8-23)15-7-29-15/h2-6,15,23-24,28H,7-8H2,1H3/t15-,22-/m0/s1. The lowest BCUT2D eigenvalue weighted by Crippen LogP contribution is -2.37. The van der Waals surface area contributed by atoms with E-state index in [1.807, 2.05) is 0 Å². The number of benzene rings is 2. The Balaban J connectivity index is 1.88. The molecule has 1 aliphatic carbocycles. The number of aryl methyl sites for hydroxylation is 1. The molecule has 1 aromatic heterocycles. The molecule has 1 saturated heterocycles. The Morgan fingerprint density at radius 2 is 1.83 bits per heavy atom. The molecule has 0 spiro atoms. The second-order valence-electron chi connectivity index (χ2n) is 7.56. The second-order valence-corrected chi connectivity index (χ2v) is 7.56. The van der Waals surface area contributed by atoms with E-state index in [-0.39, 0.29) is 51.3 Å². The van der Waals surface area contributed by atoms with E-state index in [0.717, 1.165) is 6.07 Å². The smallest absolute Gasteiger partial charge is 0.202 e. The van der Waals surface area contributed by atoms with Crippen LogP contribution < -0.4 is 5.43 Å². The van der Waals surface area contributed by atoms with Crippen LogP contribution in [0.2, 0.25) is 0 Å². The summed E-state index contributed by atoms with van der Waals surface area (Å²) >= 11 is 0. The van der Waals surface area contributed by atoms with Gasteiger partial charge in [0.05, 0.1) is 29.7 Å². The number of carbonyl (C=O) groups excluding carboxylic acids is 2. The topological polar surface area (TPSA) is 138 Å². The summed E-state index contributed by atoms with van der Waals surface area (Å²) in [6.07, 6.45) is -0.758. The van der Waals surface area contributed by atoms with Crippen molar-refractivity contribution in [1.82, 2.24) is 0 Å². The fourth-order valence-electron chi connectivity index (χ4n) is 4.04. The molecule has 0 unspecified atom stereocenters. The number of hydrogen-bond acceptors (Lipinski definition) is 8. The van der Waals surface area contributed by atoms with Gasteiger partial charge in [0.15, 0.2) is 16.8 Å². The molecule has 2 heterocycles. The predicted molar refractivity (Wildman–Crippen MR) is 103 cm³/mol. The molecule has 2 aromatic carbocycles. The monoisotopic (exact) mass is 408 g/mol. The van der Waals surface area contributed by atoms with Gasteiger partial charge < -0.3 is 24.5 Å². The average molecular weight is 408 g/mol. The lowest BCUT2D eigenvalue weighted by Gasteiger charge is -2.24. The Hall–Kier alpha value is -3.33. The zero-order valence-corrected chi connectivity index (χ0v) is 15.8. The number of aromatic hydroxyl groups is 1. The molecule has 8 nitrogen and oxygen atoms in total. The molecule has 152 valence electrons. The number of phenolic OH excluding ortho intramolecular Hbond substituents is 1. The van der Waals surface area contributed by atoms with Gasteiger partial charge in [-0.05, 0) is 24.6 Å². The minimum Gasteiger partial charge on any atom is -0.507 e. The third-order valence-corrected chi connectivity index (χ3v) is 5.72. The number of ether oxygens (including phenoxy) is 1. The van der Waals surface area contributed by atoms with Gasteiger partial charge in [-0.25, -0.2) is 0 Å². The minimum atomic E-state index is -1.97. The highest BCUT2D eigenvalue weighted by atomic mass is 16.6. The number of rotatable bonds is 3. The number of phenols is 1. The fraction of sp³-hybridized carbons (Fsp3) is 0.227. The maximum Gasteiger partial charge on any atom is 0.202 e. The normalized spacial score (nSPS) is 19.4. The predicted octanol–water partition coefficient (Wildman–Crippen LogP) is 1.16. The Kier molecular flexibility index (Phi) is 3.79. The van der Waals surface area contributed by atoms with Gasteiger partial charge in [0, 0.05) is 17.2 Å². The molecule has 0 amide bonds. The van der Waals surface area contributed by atoms with Crippen molar-refractivity contribution in [2.24, 2.45) is 0 Å². The zero-order chi connectivity index (χ0) is 21.4. The van der Waals surface area contributed by atoms with Crippen LogP contribution in [-0.4, -0.2) is 46.2 Å². The van der Waals surface area contributed by atoms with Gasteiger partial charge in [-0.2, -0.15) is 0 Å². The van der Waals surface area contributed by atoms with E-state index in [1.54, 1.807) is 6.92 Å².